The molecule has 1 N–H and O–H groups in total. The van der Waals surface area contributed by atoms with Gasteiger partial charge in [0.15, 0.2) is 6.61 Å². The second kappa shape index (κ2) is 12.2. The number of ether oxygens (including phenoxy) is 1. The molecular formula is C28H30N4O4S. The van der Waals surface area contributed by atoms with Crippen LogP contribution >= 0.6 is 0 Å². The molecule has 0 atom stereocenters. The summed E-state index contributed by atoms with van der Waals surface area (Å²) in [4.78, 5) is 16.3. The molecule has 4 rings (SSSR count). The van der Waals surface area contributed by atoms with Crippen molar-refractivity contribution in [1.82, 2.24) is 14.9 Å². The van der Waals surface area contributed by atoms with Crippen molar-refractivity contribution in [3.63, 3.8) is 0 Å². The molecule has 1 aromatic heterocycles. The SMILES string of the molecule is Cc1ccc(S(=O)(=O)N(Cc2ccccc2)c2ccc(OCC(=O)NCCCn3ccnc3)cc2)cc1. The first-order valence-electron chi connectivity index (χ1n) is 12.0. The summed E-state index contributed by atoms with van der Waals surface area (Å²) in [7, 11) is -3.81. The molecule has 0 bridgehead atoms. The summed E-state index contributed by atoms with van der Waals surface area (Å²) in [5, 5.41) is 2.83. The van der Waals surface area contributed by atoms with E-state index in [1.54, 1.807) is 61.1 Å². The molecule has 0 aliphatic rings. The summed E-state index contributed by atoms with van der Waals surface area (Å²) in [6, 6.07) is 23.0. The largest absolute Gasteiger partial charge is 0.484 e. The lowest BCUT2D eigenvalue weighted by molar-refractivity contribution is -0.123. The van der Waals surface area contributed by atoms with Crippen LogP contribution in [0.5, 0.6) is 5.75 Å². The quantitative estimate of drug-likeness (QED) is 0.284. The third kappa shape index (κ3) is 7.20. The van der Waals surface area contributed by atoms with Crippen molar-refractivity contribution in [2.24, 2.45) is 0 Å². The van der Waals surface area contributed by atoms with Crippen molar-refractivity contribution >= 4 is 21.6 Å². The second-order valence-corrected chi connectivity index (χ2v) is 10.5. The fraction of sp³-hybridized carbons (Fsp3) is 0.214. The summed E-state index contributed by atoms with van der Waals surface area (Å²) >= 11 is 0. The highest BCUT2D eigenvalue weighted by molar-refractivity contribution is 7.92. The van der Waals surface area contributed by atoms with Crippen molar-refractivity contribution in [2.45, 2.75) is 31.3 Å². The van der Waals surface area contributed by atoms with Gasteiger partial charge in [0.05, 0.1) is 23.5 Å². The van der Waals surface area contributed by atoms with Crippen LogP contribution < -0.4 is 14.4 Å². The van der Waals surface area contributed by atoms with E-state index in [2.05, 4.69) is 10.3 Å². The molecule has 192 valence electrons. The van der Waals surface area contributed by atoms with E-state index >= 15 is 0 Å². The van der Waals surface area contributed by atoms with Crippen molar-refractivity contribution in [3.8, 4) is 5.75 Å². The number of aromatic nitrogens is 2. The van der Waals surface area contributed by atoms with Gasteiger partial charge in [-0.3, -0.25) is 9.10 Å². The van der Waals surface area contributed by atoms with E-state index in [1.807, 2.05) is 48.0 Å². The normalized spacial score (nSPS) is 11.2. The van der Waals surface area contributed by atoms with E-state index in [0.717, 1.165) is 24.1 Å². The van der Waals surface area contributed by atoms with Crippen molar-refractivity contribution in [1.29, 1.82) is 0 Å². The molecule has 4 aromatic rings. The van der Waals surface area contributed by atoms with E-state index in [-0.39, 0.29) is 24.0 Å². The molecule has 37 heavy (non-hydrogen) atoms. The van der Waals surface area contributed by atoms with E-state index in [9.17, 15) is 13.2 Å². The Labute approximate surface area is 217 Å². The zero-order valence-electron chi connectivity index (χ0n) is 20.7. The van der Waals surface area contributed by atoms with Crippen LogP contribution in [0.2, 0.25) is 0 Å². The van der Waals surface area contributed by atoms with Gasteiger partial charge in [0.25, 0.3) is 15.9 Å². The third-order valence-corrected chi connectivity index (χ3v) is 7.54. The van der Waals surface area contributed by atoms with Crippen LogP contribution in [0.15, 0.2) is 102 Å². The summed E-state index contributed by atoms with van der Waals surface area (Å²) < 4.78 is 36.1. The molecule has 9 heteroatoms. The number of nitrogens with zero attached hydrogens (tertiary/aromatic N) is 3. The summed E-state index contributed by atoms with van der Waals surface area (Å²) in [5.41, 5.74) is 2.35. The number of benzene rings is 3. The van der Waals surface area contributed by atoms with Gasteiger partial charge in [-0.1, -0.05) is 48.0 Å². The van der Waals surface area contributed by atoms with Crippen molar-refractivity contribution in [3.05, 3.63) is 109 Å². The first-order valence-corrected chi connectivity index (χ1v) is 13.4. The standard InChI is InChI=1S/C28H30N4O4S/c1-23-8-14-27(15-9-23)37(34,35)32(20-24-6-3-2-4-7-24)25-10-12-26(13-11-25)36-21-28(33)30-16-5-18-31-19-17-29-22-31/h2-4,6-15,17,19,22H,5,16,18,20-21H2,1H3,(H,30,33). The highest BCUT2D eigenvalue weighted by atomic mass is 32.2. The number of carbonyl (C=O) groups excluding carboxylic acids is 1. The zero-order chi connectivity index (χ0) is 26.1. The topological polar surface area (TPSA) is 93.5 Å². The molecule has 0 saturated heterocycles. The van der Waals surface area contributed by atoms with Gasteiger partial charge in [0.1, 0.15) is 5.75 Å². The maximum Gasteiger partial charge on any atom is 0.264 e. The maximum absolute atomic E-state index is 13.6. The van der Waals surface area contributed by atoms with Crippen LogP contribution in [-0.4, -0.2) is 37.0 Å². The number of hydrogen-bond acceptors (Lipinski definition) is 5. The first-order chi connectivity index (χ1) is 17.9. The number of aryl methyl sites for hydroxylation is 2. The average Bonchev–Trinajstić information content (AvgIpc) is 3.43. The molecular weight excluding hydrogens is 488 g/mol. The van der Waals surface area contributed by atoms with Gasteiger partial charge >= 0.3 is 0 Å². The van der Waals surface area contributed by atoms with Crippen molar-refractivity contribution in [2.75, 3.05) is 17.5 Å². The molecule has 0 radical (unpaired) electrons. The molecule has 0 unspecified atom stereocenters. The zero-order valence-corrected chi connectivity index (χ0v) is 21.5. The van der Waals surface area contributed by atoms with Crippen molar-refractivity contribution < 1.29 is 17.9 Å². The first kappa shape index (κ1) is 26.0. The Hall–Kier alpha value is -4.11. The van der Waals surface area contributed by atoms with Crippen LogP contribution in [-0.2, 0) is 27.9 Å². The second-order valence-electron chi connectivity index (χ2n) is 8.60. The minimum absolute atomic E-state index is 0.125. The Balaban J connectivity index is 1.40. The van der Waals surface area contributed by atoms with Gasteiger partial charge in [-0.2, -0.15) is 0 Å². The molecule has 0 aliphatic carbocycles. The Morgan fingerprint density at radius 3 is 2.41 bits per heavy atom. The van der Waals surface area contributed by atoms with Gasteiger partial charge in [-0.15, -0.1) is 0 Å². The van der Waals surface area contributed by atoms with Crippen LogP contribution in [0.25, 0.3) is 0 Å². The molecule has 0 fully saturated rings. The van der Waals surface area contributed by atoms with E-state index in [1.165, 1.54) is 4.31 Å². The third-order valence-electron chi connectivity index (χ3n) is 5.75. The van der Waals surface area contributed by atoms with Crippen LogP contribution in [0, 0.1) is 6.92 Å². The summed E-state index contributed by atoms with van der Waals surface area (Å²) in [5.74, 6) is 0.257. The predicted octanol–water partition coefficient (Wildman–Crippen LogP) is 4.17. The van der Waals surface area contributed by atoms with Gasteiger partial charge in [-0.05, 0) is 55.3 Å². The number of imidazole rings is 1. The van der Waals surface area contributed by atoms with Gasteiger partial charge in [0, 0.05) is 25.5 Å². The highest BCUT2D eigenvalue weighted by Crippen LogP contribution is 2.28. The summed E-state index contributed by atoms with van der Waals surface area (Å²) in [6.07, 6.45) is 6.11. The molecule has 0 spiro atoms. The van der Waals surface area contributed by atoms with Crippen LogP contribution in [0.3, 0.4) is 0 Å². The monoisotopic (exact) mass is 518 g/mol. The van der Waals surface area contributed by atoms with Gasteiger partial charge in [-0.25, -0.2) is 13.4 Å². The summed E-state index contributed by atoms with van der Waals surface area (Å²) in [6.45, 7) is 3.27. The number of carbonyl (C=O) groups is 1. The number of rotatable bonds is 12. The minimum Gasteiger partial charge on any atom is -0.484 e. The Morgan fingerprint density at radius 2 is 1.73 bits per heavy atom. The fourth-order valence-electron chi connectivity index (χ4n) is 3.72. The lowest BCUT2D eigenvalue weighted by Crippen LogP contribution is -2.31. The van der Waals surface area contributed by atoms with Gasteiger partial charge < -0.3 is 14.6 Å². The number of anilines is 1. The Kier molecular flexibility index (Phi) is 8.58. The highest BCUT2D eigenvalue weighted by Gasteiger charge is 2.25. The predicted molar refractivity (Wildman–Crippen MR) is 143 cm³/mol. The molecule has 0 saturated carbocycles. The number of hydrogen-bond donors (Lipinski definition) is 1. The molecule has 8 nitrogen and oxygen atoms in total. The smallest absolute Gasteiger partial charge is 0.264 e. The fourth-order valence-corrected chi connectivity index (χ4v) is 5.17. The lowest BCUT2D eigenvalue weighted by Gasteiger charge is -2.25. The maximum atomic E-state index is 13.6. The Bertz CT molecular complexity index is 1370. The minimum atomic E-state index is -3.81. The van der Waals surface area contributed by atoms with Crippen LogP contribution in [0.4, 0.5) is 5.69 Å². The molecule has 3 aromatic carbocycles. The van der Waals surface area contributed by atoms with E-state index < -0.39 is 10.0 Å². The number of amides is 1. The van der Waals surface area contributed by atoms with Gasteiger partial charge in [0.2, 0.25) is 0 Å². The number of nitrogens with one attached hydrogen (secondary N) is 1. The van der Waals surface area contributed by atoms with E-state index in [4.69, 9.17) is 4.74 Å². The molecule has 1 amide bonds. The lowest BCUT2D eigenvalue weighted by atomic mass is 10.2. The Morgan fingerprint density at radius 1 is 1.00 bits per heavy atom. The average molecular weight is 519 g/mol. The molecule has 0 aliphatic heterocycles. The van der Waals surface area contributed by atoms with E-state index in [0.29, 0.717) is 18.0 Å². The van der Waals surface area contributed by atoms with Crippen LogP contribution in [0.1, 0.15) is 17.5 Å². The number of sulfonamides is 1. The molecule has 1 heterocycles.